The fourth-order valence-electron chi connectivity index (χ4n) is 5.18. The van der Waals surface area contributed by atoms with Gasteiger partial charge in [-0.3, -0.25) is 14.2 Å². The van der Waals surface area contributed by atoms with Crippen molar-refractivity contribution in [3.63, 3.8) is 0 Å². The number of aromatic nitrogens is 3. The molecule has 0 N–H and O–H groups in total. The number of thiazole rings is 1. The van der Waals surface area contributed by atoms with Crippen LogP contribution in [0.1, 0.15) is 26.5 Å². The van der Waals surface area contributed by atoms with E-state index in [1.807, 2.05) is 89.5 Å². The fraction of sp³-hybridized carbons (Fsp3) is 0. The van der Waals surface area contributed by atoms with Gasteiger partial charge in [-0.15, -0.1) is 0 Å². The van der Waals surface area contributed by atoms with Crippen LogP contribution in [0.2, 0.25) is 0 Å². The van der Waals surface area contributed by atoms with Crippen LogP contribution in [0.3, 0.4) is 0 Å². The minimum atomic E-state index is -0.289. The van der Waals surface area contributed by atoms with Crippen molar-refractivity contribution in [3.05, 3.63) is 120 Å². The Morgan fingerprint density at radius 3 is 2.05 bits per heavy atom. The number of allylic oxidation sites excluding steroid dienone is 1. The van der Waals surface area contributed by atoms with Crippen LogP contribution in [-0.4, -0.2) is 26.1 Å². The molecule has 6 nitrogen and oxygen atoms in total. The van der Waals surface area contributed by atoms with Gasteiger partial charge in [-0.1, -0.05) is 72.0 Å². The monoisotopic (exact) mass is 523 g/mol. The van der Waals surface area contributed by atoms with E-state index >= 15 is 0 Å². The van der Waals surface area contributed by atoms with Crippen LogP contribution in [0.15, 0.2) is 107 Å². The van der Waals surface area contributed by atoms with E-state index in [4.69, 9.17) is 14.4 Å². The summed E-state index contributed by atoms with van der Waals surface area (Å²) in [5.41, 5.74) is 3.21. The summed E-state index contributed by atoms with van der Waals surface area (Å²) in [6, 6.07) is 30.8. The number of carbonyl (C=O) groups excluding carboxylic acids is 2. The molecule has 184 valence electrons. The highest BCUT2D eigenvalue weighted by atomic mass is 32.1. The first-order chi connectivity index (χ1) is 19.1. The number of hydrogen-bond acceptors (Lipinski definition) is 6. The van der Waals surface area contributed by atoms with E-state index in [0.29, 0.717) is 38.2 Å². The molecule has 0 amide bonds. The summed E-state index contributed by atoms with van der Waals surface area (Å²) in [4.78, 5) is 37.3. The molecule has 3 aromatic heterocycles. The lowest BCUT2D eigenvalue weighted by molar-refractivity contribution is 0.0990. The first-order valence-corrected chi connectivity index (χ1v) is 13.2. The molecule has 0 atom stereocenters. The molecule has 0 aliphatic heterocycles. The molecule has 1 aliphatic carbocycles. The number of rotatable bonds is 3. The Morgan fingerprint density at radius 1 is 0.718 bits per heavy atom. The molecule has 0 fully saturated rings. The Balaban J connectivity index is 1.29. The molecule has 4 aromatic carbocycles. The Bertz CT molecular complexity index is 2080. The largest absolute Gasteiger partial charge is 0.454 e. The van der Waals surface area contributed by atoms with Gasteiger partial charge in [-0.25, -0.2) is 9.97 Å². The first-order valence-electron chi connectivity index (χ1n) is 12.4. The van der Waals surface area contributed by atoms with Gasteiger partial charge in [-0.05, 0) is 53.2 Å². The van der Waals surface area contributed by atoms with Gasteiger partial charge in [0.25, 0.3) is 0 Å². The van der Waals surface area contributed by atoms with E-state index < -0.39 is 0 Å². The number of benzene rings is 4. The van der Waals surface area contributed by atoms with Crippen LogP contribution < -0.4 is 0 Å². The van der Waals surface area contributed by atoms with Gasteiger partial charge in [-0.2, -0.15) is 0 Å². The van der Waals surface area contributed by atoms with E-state index in [1.165, 1.54) is 11.3 Å². The summed E-state index contributed by atoms with van der Waals surface area (Å²) in [5, 5.41) is 3.56. The van der Waals surface area contributed by atoms with Gasteiger partial charge >= 0.3 is 0 Å². The van der Waals surface area contributed by atoms with Crippen molar-refractivity contribution in [1.29, 1.82) is 0 Å². The Hall–Kier alpha value is -5.14. The SMILES string of the molecule is O=C1C(=Cc2nc3sc(-c4cc5ccccc5o4)nc3n2-c2ccccc2)C(=O)c2cc3ccccc3cc21. The van der Waals surface area contributed by atoms with E-state index in [0.717, 1.165) is 27.4 Å². The molecule has 0 spiro atoms. The normalized spacial score (nSPS) is 13.2. The molecule has 0 saturated heterocycles. The second kappa shape index (κ2) is 8.18. The quantitative estimate of drug-likeness (QED) is 0.177. The Morgan fingerprint density at radius 2 is 1.36 bits per heavy atom. The zero-order chi connectivity index (χ0) is 26.1. The van der Waals surface area contributed by atoms with Crippen molar-refractivity contribution in [2.24, 2.45) is 0 Å². The maximum atomic E-state index is 13.4. The van der Waals surface area contributed by atoms with Gasteiger partial charge in [0.2, 0.25) is 0 Å². The van der Waals surface area contributed by atoms with E-state index in [2.05, 4.69) is 0 Å². The number of hydrogen-bond donors (Lipinski definition) is 0. The lowest BCUT2D eigenvalue weighted by atomic mass is 10.0. The van der Waals surface area contributed by atoms with Gasteiger partial charge < -0.3 is 4.42 Å². The lowest BCUT2D eigenvalue weighted by Crippen LogP contribution is -2.04. The number of imidazole rings is 1. The van der Waals surface area contributed by atoms with Crippen molar-refractivity contribution in [1.82, 2.24) is 14.5 Å². The molecule has 7 aromatic rings. The summed E-state index contributed by atoms with van der Waals surface area (Å²) in [6.45, 7) is 0. The minimum absolute atomic E-state index is 0.104. The van der Waals surface area contributed by atoms with Crippen molar-refractivity contribution < 1.29 is 14.0 Å². The van der Waals surface area contributed by atoms with E-state index in [9.17, 15) is 9.59 Å². The topological polar surface area (TPSA) is 78.0 Å². The molecular weight excluding hydrogens is 506 g/mol. The van der Waals surface area contributed by atoms with Crippen molar-refractivity contribution >= 4 is 61.2 Å². The van der Waals surface area contributed by atoms with E-state index in [1.54, 1.807) is 18.2 Å². The standard InChI is InChI=1S/C32H17N3O3S/c36-28-22-14-18-8-4-5-9-19(18)15-23(22)29(37)24(28)17-27-33-32-30(35(27)21-11-2-1-3-12-21)34-31(39-32)26-16-20-10-6-7-13-25(20)38-26/h1-17H. The predicted octanol–water partition coefficient (Wildman–Crippen LogP) is 7.51. The molecule has 0 unspecified atom stereocenters. The maximum absolute atomic E-state index is 13.4. The highest BCUT2D eigenvalue weighted by Crippen LogP contribution is 2.37. The Kier molecular flexibility index (Phi) is 4.59. The molecule has 1 aliphatic rings. The highest BCUT2D eigenvalue weighted by Gasteiger charge is 2.34. The van der Waals surface area contributed by atoms with Crippen LogP contribution in [0, 0.1) is 0 Å². The summed E-state index contributed by atoms with van der Waals surface area (Å²) in [7, 11) is 0. The van der Waals surface area contributed by atoms with E-state index in [-0.39, 0.29) is 17.1 Å². The number of ketones is 2. The number of Topliss-reactive ketones (excluding diaryl/α,β-unsaturated/α-hetero) is 2. The highest BCUT2D eigenvalue weighted by molar-refractivity contribution is 7.21. The second-order valence-electron chi connectivity index (χ2n) is 9.40. The summed E-state index contributed by atoms with van der Waals surface area (Å²) < 4.78 is 7.92. The van der Waals surface area contributed by atoms with Crippen molar-refractivity contribution in [2.45, 2.75) is 0 Å². The molecule has 7 heteroatoms. The van der Waals surface area contributed by atoms with Gasteiger partial charge in [0.15, 0.2) is 32.8 Å². The summed E-state index contributed by atoms with van der Waals surface area (Å²) >= 11 is 1.41. The third kappa shape index (κ3) is 3.34. The number of para-hydroxylation sites is 2. The molecule has 8 rings (SSSR count). The number of furan rings is 1. The van der Waals surface area contributed by atoms with Gasteiger partial charge in [0.1, 0.15) is 11.4 Å². The molecule has 3 heterocycles. The van der Waals surface area contributed by atoms with Crippen molar-refractivity contribution in [3.8, 4) is 16.5 Å². The Labute approximate surface area is 225 Å². The smallest absolute Gasteiger partial charge is 0.197 e. The van der Waals surface area contributed by atoms with Crippen LogP contribution in [0.25, 0.3) is 54.8 Å². The maximum Gasteiger partial charge on any atom is 0.197 e. The zero-order valence-electron chi connectivity index (χ0n) is 20.3. The van der Waals surface area contributed by atoms with Crippen LogP contribution in [0.4, 0.5) is 0 Å². The third-order valence-electron chi connectivity index (χ3n) is 7.04. The third-order valence-corrected chi connectivity index (χ3v) is 7.99. The van der Waals surface area contributed by atoms with Gasteiger partial charge in [0.05, 0.1) is 5.57 Å². The van der Waals surface area contributed by atoms with Crippen LogP contribution in [-0.2, 0) is 0 Å². The predicted molar refractivity (Wildman–Crippen MR) is 153 cm³/mol. The molecule has 39 heavy (non-hydrogen) atoms. The number of carbonyl (C=O) groups is 2. The number of fused-ring (bicyclic) bond motifs is 4. The summed E-state index contributed by atoms with van der Waals surface area (Å²) in [5.74, 6) is 0.563. The zero-order valence-corrected chi connectivity index (χ0v) is 21.1. The molecule has 0 bridgehead atoms. The average Bonchev–Trinajstić information content (AvgIpc) is 3.71. The van der Waals surface area contributed by atoms with Crippen molar-refractivity contribution in [2.75, 3.05) is 0 Å². The summed E-state index contributed by atoms with van der Waals surface area (Å²) in [6.07, 6.45) is 1.59. The lowest BCUT2D eigenvalue weighted by Gasteiger charge is -2.06. The second-order valence-corrected chi connectivity index (χ2v) is 10.4. The average molecular weight is 524 g/mol. The van der Waals surface area contributed by atoms with Crippen LogP contribution >= 0.6 is 11.3 Å². The molecule has 0 radical (unpaired) electrons. The molecular formula is C32H17N3O3S. The first kappa shape index (κ1) is 21.9. The minimum Gasteiger partial charge on any atom is -0.454 e. The number of nitrogens with zero attached hydrogens (tertiary/aromatic N) is 3. The molecule has 0 saturated carbocycles. The van der Waals surface area contributed by atoms with Gasteiger partial charge in [0, 0.05) is 22.2 Å². The fourth-order valence-corrected chi connectivity index (χ4v) is 6.06. The van der Waals surface area contributed by atoms with Crippen LogP contribution in [0.5, 0.6) is 0 Å².